The van der Waals surface area contributed by atoms with Crippen LogP contribution in [0.5, 0.6) is 0 Å². The highest BCUT2D eigenvalue weighted by atomic mass is 35.5. The first-order chi connectivity index (χ1) is 17.8. The number of hydrogen-bond acceptors (Lipinski definition) is 7. The van der Waals surface area contributed by atoms with E-state index in [2.05, 4.69) is 25.3 Å². The minimum Gasteiger partial charge on any atom is -0.310 e. The van der Waals surface area contributed by atoms with E-state index in [1.54, 1.807) is 61.8 Å². The summed E-state index contributed by atoms with van der Waals surface area (Å²) in [5.41, 5.74) is 1.49. The maximum Gasteiger partial charge on any atom is 0.330 e. The molecule has 1 aromatic carbocycles. The lowest BCUT2D eigenvalue weighted by Gasteiger charge is -2.07. The number of aromatic amines is 1. The van der Waals surface area contributed by atoms with E-state index < -0.39 is 11.2 Å². The smallest absolute Gasteiger partial charge is 0.310 e. The van der Waals surface area contributed by atoms with Crippen molar-refractivity contribution in [1.82, 2.24) is 19.5 Å². The average Bonchev–Trinajstić information content (AvgIpc) is 3.36. The van der Waals surface area contributed by atoms with Crippen molar-refractivity contribution in [2.24, 2.45) is 4.99 Å². The number of H-pyrrole nitrogens is 1. The summed E-state index contributed by atoms with van der Waals surface area (Å²) in [5, 5.41) is 5.96. The third-order valence-corrected chi connectivity index (χ3v) is 6.45. The predicted molar refractivity (Wildman–Crippen MR) is 147 cm³/mol. The maximum absolute atomic E-state index is 12.7. The number of rotatable bonds is 8. The van der Waals surface area contributed by atoms with Crippen LogP contribution in [0, 0.1) is 6.92 Å². The number of benzene rings is 1. The number of hydrogen-bond donors (Lipinski definition) is 2. The van der Waals surface area contributed by atoms with Crippen molar-refractivity contribution in [3.8, 4) is 10.6 Å². The Hall–Kier alpha value is -4.15. The molecule has 1 amide bonds. The van der Waals surface area contributed by atoms with Crippen LogP contribution >= 0.6 is 22.9 Å². The highest BCUT2D eigenvalue weighted by Gasteiger charge is 2.11. The number of carbonyl (C=O) groups excluding carboxylic acids is 1. The van der Waals surface area contributed by atoms with Gasteiger partial charge in [-0.15, -0.1) is 11.3 Å². The molecular weight excluding hydrogens is 512 g/mol. The van der Waals surface area contributed by atoms with Gasteiger partial charge in [-0.3, -0.25) is 24.1 Å². The Bertz CT molecular complexity index is 1590. The average molecular weight is 535 g/mol. The standard InChI is InChI=1S/C26H23ClN6O3S/c1-16(6-11-22(34)30-21-15-37-24(31-21)18-7-9-19(27)10-8-18)13-29-23-17(2)25(35)33(26(36)32-23)14-20-5-3-4-12-28-20/h3-10,12-13,15H,11,14H2,1-2H3,(H,30,34)(H,32,36)/b16-6-,29-13?. The van der Waals surface area contributed by atoms with Crippen LogP contribution < -0.4 is 16.6 Å². The Kier molecular flexibility index (Phi) is 8.22. The second-order valence-electron chi connectivity index (χ2n) is 8.12. The number of aromatic nitrogens is 4. The lowest BCUT2D eigenvalue weighted by Crippen LogP contribution is -2.36. The number of amides is 1. The SMILES string of the molecule is C/C(C=Nc1[nH]c(=O)n(Cc2ccccn2)c(=O)c1C)=C/CC(=O)Nc1csc(-c2ccc(Cl)cc2)n1. The zero-order valence-corrected chi connectivity index (χ0v) is 21.6. The number of nitrogens with zero attached hydrogens (tertiary/aromatic N) is 4. The molecule has 188 valence electrons. The van der Waals surface area contributed by atoms with Crippen LogP contribution in [0.25, 0.3) is 10.6 Å². The van der Waals surface area contributed by atoms with Gasteiger partial charge in [-0.25, -0.2) is 14.8 Å². The summed E-state index contributed by atoms with van der Waals surface area (Å²) < 4.78 is 1.08. The predicted octanol–water partition coefficient (Wildman–Crippen LogP) is 4.74. The Balaban J connectivity index is 1.38. The van der Waals surface area contributed by atoms with E-state index in [1.165, 1.54) is 17.6 Å². The number of pyridine rings is 1. The first-order valence-electron chi connectivity index (χ1n) is 11.3. The highest BCUT2D eigenvalue weighted by molar-refractivity contribution is 7.13. The monoisotopic (exact) mass is 534 g/mol. The number of halogens is 1. The molecule has 0 saturated heterocycles. The molecule has 0 aliphatic carbocycles. The summed E-state index contributed by atoms with van der Waals surface area (Å²) in [6, 6.07) is 12.6. The number of nitrogens with one attached hydrogen (secondary N) is 2. The molecule has 0 atom stereocenters. The van der Waals surface area contributed by atoms with Gasteiger partial charge in [0.2, 0.25) is 5.91 Å². The second-order valence-corrected chi connectivity index (χ2v) is 9.41. The van der Waals surface area contributed by atoms with E-state index in [-0.39, 0.29) is 24.7 Å². The lowest BCUT2D eigenvalue weighted by molar-refractivity contribution is -0.115. The minimum absolute atomic E-state index is 0.0636. The molecule has 3 heterocycles. The fourth-order valence-corrected chi connectivity index (χ4v) is 4.19. The Morgan fingerprint density at radius 3 is 2.73 bits per heavy atom. The first kappa shape index (κ1) is 25.9. The van der Waals surface area contributed by atoms with E-state index >= 15 is 0 Å². The van der Waals surface area contributed by atoms with Crippen LogP contribution in [0.15, 0.2) is 80.3 Å². The van der Waals surface area contributed by atoms with Crippen molar-refractivity contribution in [1.29, 1.82) is 0 Å². The maximum atomic E-state index is 12.7. The van der Waals surface area contributed by atoms with Crippen molar-refractivity contribution >= 4 is 46.7 Å². The molecule has 0 saturated carbocycles. The van der Waals surface area contributed by atoms with Crippen molar-refractivity contribution in [2.75, 3.05) is 5.32 Å². The normalized spacial score (nSPS) is 11.7. The van der Waals surface area contributed by atoms with Gasteiger partial charge in [0.1, 0.15) is 16.6 Å². The van der Waals surface area contributed by atoms with Crippen LogP contribution in [-0.2, 0) is 11.3 Å². The summed E-state index contributed by atoms with van der Waals surface area (Å²) in [6.45, 7) is 3.43. The van der Waals surface area contributed by atoms with Gasteiger partial charge < -0.3 is 5.32 Å². The van der Waals surface area contributed by atoms with Gasteiger partial charge in [-0.2, -0.15) is 0 Å². The van der Waals surface area contributed by atoms with Crippen LogP contribution in [0.1, 0.15) is 24.6 Å². The Morgan fingerprint density at radius 1 is 1.22 bits per heavy atom. The molecule has 0 fully saturated rings. The first-order valence-corrected chi connectivity index (χ1v) is 12.5. The van der Waals surface area contributed by atoms with E-state index in [1.807, 2.05) is 12.1 Å². The molecule has 4 rings (SSSR count). The molecule has 11 heteroatoms. The van der Waals surface area contributed by atoms with Gasteiger partial charge in [0, 0.05) is 34.8 Å². The minimum atomic E-state index is -0.573. The Labute approximate surface area is 221 Å². The van der Waals surface area contributed by atoms with Gasteiger partial charge in [0.15, 0.2) is 0 Å². The van der Waals surface area contributed by atoms with Crippen LogP contribution in [0.2, 0.25) is 5.02 Å². The topological polar surface area (TPSA) is 122 Å². The largest absolute Gasteiger partial charge is 0.330 e. The molecule has 37 heavy (non-hydrogen) atoms. The molecular formula is C26H23ClN6O3S. The number of allylic oxidation sites excluding steroid dienone is 1. The van der Waals surface area contributed by atoms with E-state index in [0.29, 0.717) is 27.7 Å². The van der Waals surface area contributed by atoms with E-state index in [0.717, 1.165) is 15.1 Å². The van der Waals surface area contributed by atoms with Gasteiger partial charge in [-0.1, -0.05) is 35.9 Å². The molecule has 0 radical (unpaired) electrons. The number of thiazole rings is 1. The van der Waals surface area contributed by atoms with Gasteiger partial charge in [-0.05, 0) is 43.7 Å². The third-order valence-electron chi connectivity index (χ3n) is 5.31. The summed E-state index contributed by atoms with van der Waals surface area (Å²) in [5.74, 6) is 0.406. The second kappa shape index (κ2) is 11.7. The molecule has 0 spiro atoms. The van der Waals surface area contributed by atoms with E-state index in [9.17, 15) is 14.4 Å². The van der Waals surface area contributed by atoms with Gasteiger partial charge >= 0.3 is 5.69 Å². The molecule has 0 bridgehead atoms. The molecule has 3 aromatic heterocycles. The zero-order valence-electron chi connectivity index (χ0n) is 20.1. The van der Waals surface area contributed by atoms with Crippen molar-refractivity contribution in [3.63, 3.8) is 0 Å². The lowest BCUT2D eigenvalue weighted by atomic mass is 10.2. The van der Waals surface area contributed by atoms with Crippen LogP contribution in [0.3, 0.4) is 0 Å². The highest BCUT2D eigenvalue weighted by Crippen LogP contribution is 2.27. The molecule has 2 N–H and O–H groups in total. The van der Waals surface area contributed by atoms with Crippen molar-refractivity contribution in [3.05, 3.63) is 103 Å². The molecule has 4 aromatic rings. The van der Waals surface area contributed by atoms with Gasteiger partial charge in [0.25, 0.3) is 5.56 Å². The summed E-state index contributed by atoms with van der Waals surface area (Å²) in [7, 11) is 0. The third kappa shape index (κ3) is 6.75. The molecule has 0 unspecified atom stereocenters. The van der Waals surface area contributed by atoms with Crippen molar-refractivity contribution < 1.29 is 4.79 Å². The number of aliphatic imine (C=N–C) groups is 1. The fourth-order valence-electron chi connectivity index (χ4n) is 3.31. The zero-order chi connectivity index (χ0) is 26.4. The molecule has 0 aliphatic heterocycles. The van der Waals surface area contributed by atoms with Crippen LogP contribution in [0.4, 0.5) is 11.6 Å². The molecule has 0 aliphatic rings. The Morgan fingerprint density at radius 2 is 2.00 bits per heavy atom. The molecule has 9 nitrogen and oxygen atoms in total. The summed E-state index contributed by atoms with van der Waals surface area (Å²) >= 11 is 7.34. The number of carbonyl (C=O) groups is 1. The van der Waals surface area contributed by atoms with Crippen LogP contribution in [-0.4, -0.2) is 31.6 Å². The van der Waals surface area contributed by atoms with Gasteiger partial charge in [0.05, 0.1) is 17.8 Å². The quantitative estimate of drug-likeness (QED) is 0.316. The summed E-state index contributed by atoms with van der Waals surface area (Å²) in [4.78, 5) is 53.1. The fraction of sp³-hybridized carbons (Fsp3) is 0.154. The van der Waals surface area contributed by atoms with E-state index in [4.69, 9.17) is 11.6 Å². The number of anilines is 1. The van der Waals surface area contributed by atoms with Crippen molar-refractivity contribution in [2.45, 2.75) is 26.8 Å². The summed E-state index contributed by atoms with van der Waals surface area (Å²) in [6.07, 6.45) is 4.90.